The molecule has 0 spiro atoms. The minimum Gasteiger partial charge on any atom is -0.478 e. The number of carboxylic acid groups (broad SMARTS) is 1. The van der Waals surface area contributed by atoms with Crippen molar-refractivity contribution in [2.75, 3.05) is 0 Å². The summed E-state index contributed by atoms with van der Waals surface area (Å²) >= 11 is 0. The number of para-hydroxylation sites is 1. The van der Waals surface area contributed by atoms with Crippen molar-refractivity contribution in [3.63, 3.8) is 0 Å². The molecule has 1 heterocycles. The summed E-state index contributed by atoms with van der Waals surface area (Å²) in [6, 6.07) is 6.79. The summed E-state index contributed by atoms with van der Waals surface area (Å²) in [7, 11) is 1.75. The number of aromatic nitrogens is 2. The summed E-state index contributed by atoms with van der Waals surface area (Å²) in [5.74, 6) is -0.134. The maximum absolute atomic E-state index is 11.2. The second kappa shape index (κ2) is 4.52. The second-order valence-corrected chi connectivity index (χ2v) is 4.11. The van der Waals surface area contributed by atoms with Crippen LogP contribution in [0.25, 0.3) is 0 Å². The van der Waals surface area contributed by atoms with E-state index in [9.17, 15) is 4.79 Å². The molecule has 0 aliphatic rings. The molecule has 2 rings (SSSR count). The maximum Gasteiger partial charge on any atom is 0.339 e. The van der Waals surface area contributed by atoms with E-state index in [1.165, 1.54) is 6.07 Å². The zero-order valence-corrected chi connectivity index (χ0v) is 10.5. The van der Waals surface area contributed by atoms with E-state index in [2.05, 4.69) is 5.10 Å². The molecule has 0 aliphatic carbocycles. The van der Waals surface area contributed by atoms with Crippen LogP contribution in [-0.4, -0.2) is 20.9 Å². The van der Waals surface area contributed by atoms with Gasteiger partial charge in [0.05, 0.1) is 5.69 Å². The molecule has 18 heavy (non-hydrogen) atoms. The summed E-state index contributed by atoms with van der Waals surface area (Å²) in [5, 5.41) is 13.3. The van der Waals surface area contributed by atoms with Gasteiger partial charge in [0.15, 0.2) is 0 Å². The molecule has 0 radical (unpaired) electrons. The number of aryl methyl sites for hydroxylation is 3. The van der Waals surface area contributed by atoms with Gasteiger partial charge in [-0.25, -0.2) is 9.48 Å². The molecule has 0 saturated carbocycles. The molecule has 0 saturated heterocycles. The average molecular weight is 246 g/mol. The van der Waals surface area contributed by atoms with E-state index >= 15 is 0 Å². The number of hydrogen-bond donors (Lipinski definition) is 1. The molecular formula is C13H14N2O3. The number of carboxylic acids is 1. The van der Waals surface area contributed by atoms with Crippen molar-refractivity contribution >= 4 is 5.97 Å². The molecule has 5 nitrogen and oxygen atoms in total. The molecule has 1 aromatic heterocycles. The van der Waals surface area contributed by atoms with E-state index < -0.39 is 5.97 Å². The number of aromatic carboxylic acids is 1. The van der Waals surface area contributed by atoms with Crippen LogP contribution in [0.3, 0.4) is 0 Å². The van der Waals surface area contributed by atoms with Crippen molar-refractivity contribution in [2.45, 2.75) is 13.8 Å². The van der Waals surface area contributed by atoms with E-state index in [0.717, 1.165) is 11.3 Å². The van der Waals surface area contributed by atoms with Crippen LogP contribution in [-0.2, 0) is 7.05 Å². The first-order chi connectivity index (χ1) is 8.49. The van der Waals surface area contributed by atoms with Crippen molar-refractivity contribution in [1.82, 2.24) is 9.78 Å². The lowest BCUT2D eigenvalue weighted by molar-refractivity contribution is 0.0694. The van der Waals surface area contributed by atoms with E-state index in [0.29, 0.717) is 11.6 Å². The lowest BCUT2D eigenvalue weighted by atomic mass is 10.1. The molecule has 1 N–H and O–H groups in total. The average Bonchev–Trinajstić information content (AvgIpc) is 2.60. The van der Waals surface area contributed by atoms with Gasteiger partial charge in [-0.3, -0.25) is 0 Å². The van der Waals surface area contributed by atoms with Gasteiger partial charge in [-0.1, -0.05) is 12.1 Å². The SMILES string of the molecule is Cc1cc(Oc2c(C)cccc2C(=O)O)n(C)n1. The Bertz CT molecular complexity index is 602. The first-order valence-electron chi connectivity index (χ1n) is 5.50. The van der Waals surface area contributed by atoms with Crippen LogP contribution in [0.2, 0.25) is 0 Å². The predicted octanol–water partition coefficient (Wildman–Crippen LogP) is 2.53. The third-order valence-corrected chi connectivity index (χ3v) is 2.61. The standard InChI is InChI=1S/C13H14N2O3/c1-8-5-4-6-10(13(16)17)12(8)18-11-7-9(2)14-15(11)3/h4-7H,1-3H3,(H,16,17). The molecule has 0 unspecified atom stereocenters. The molecule has 0 fully saturated rings. The Morgan fingerprint density at radius 3 is 2.67 bits per heavy atom. The topological polar surface area (TPSA) is 64.3 Å². The molecule has 94 valence electrons. The Morgan fingerprint density at radius 1 is 1.39 bits per heavy atom. The first kappa shape index (κ1) is 12.2. The van der Waals surface area contributed by atoms with Crippen LogP contribution in [0.1, 0.15) is 21.6 Å². The minimum atomic E-state index is -1.01. The van der Waals surface area contributed by atoms with Crippen LogP contribution in [0.4, 0.5) is 0 Å². The van der Waals surface area contributed by atoms with Gasteiger partial charge in [-0.2, -0.15) is 5.10 Å². The van der Waals surface area contributed by atoms with Gasteiger partial charge in [0.2, 0.25) is 5.88 Å². The molecule has 0 atom stereocenters. The Labute approximate surface area is 105 Å². The van der Waals surface area contributed by atoms with Crippen LogP contribution in [0.15, 0.2) is 24.3 Å². The quantitative estimate of drug-likeness (QED) is 0.903. The number of rotatable bonds is 3. The van der Waals surface area contributed by atoms with E-state index in [1.54, 1.807) is 23.9 Å². The van der Waals surface area contributed by atoms with Crippen molar-refractivity contribution < 1.29 is 14.6 Å². The van der Waals surface area contributed by atoms with Crippen LogP contribution >= 0.6 is 0 Å². The van der Waals surface area contributed by atoms with Crippen molar-refractivity contribution in [3.8, 4) is 11.6 Å². The monoisotopic (exact) mass is 246 g/mol. The Kier molecular flexibility index (Phi) is 3.06. The molecule has 2 aromatic rings. The highest BCUT2D eigenvalue weighted by Crippen LogP contribution is 2.29. The Morgan fingerprint density at radius 2 is 2.11 bits per heavy atom. The number of benzene rings is 1. The van der Waals surface area contributed by atoms with Gasteiger partial charge in [0, 0.05) is 13.1 Å². The minimum absolute atomic E-state index is 0.147. The summed E-state index contributed by atoms with van der Waals surface area (Å²) in [6.07, 6.45) is 0. The van der Waals surface area contributed by atoms with E-state index in [1.807, 2.05) is 19.9 Å². The molecule has 0 bridgehead atoms. The fourth-order valence-electron chi connectivity index (χ4n) is 1.74. The van der Waals surface area contributed by atoms with Crippen LogP contribution in [0, 0.1) is 13.8 Å². The largest absolute Gasteiger partial charge is 0.478 e. The normalized spacial score (nSPS) is 10.4. The summed E-state index contributed by atoms with van der Waals surface area (Å²) in [6.45, 7) is 3.66. The lowest BCUT2D eigenvalue weighted by Crippen LogP contribution is -2.03. The molecule has 0 aliphatic heterocycles. The first-order valence-corrected chi connectivity index (χ1v) is 5.50. The number of ether oxygens (including phenoxy) is 1. The smallest absolute Gasteiger partial charge is 0.339 e. The highest BCUT2D eigenvalue weighted by atomic mass is 16.5. The van der Waals surface area contributed by atoms with Gasteiger partial charge in [0.25, 0.3) is 0 Å². The van der Waals surface area contributed by atoms with Gasteiger partial charge in [-0.05, 0) is 25.5 Å². The fraction of sp³-hybridized carbons (Fsp3) is 0.231. The molecule has 1 aromatic carbocycles. The Balaban J connectivity index is 2.45. The number of carbonyl (C=O) groups is 1. The summed E-state index contributed by atoms with van der Waals surface area (Å²) < 4.78 is 7.25. The zero-order chi connectivity index (χ0) is 13.3. The van der Waals surface area contributed by atoms with Crippen molar-refractivity contribution in [1.29, 1.82) is 0 Å². The van der Waals surface area contributed by atoms with Crippen molar-refractivity contribution in [2.24, 2.45) is 7.05 Å². The van der Waals surface area contributed by atoms with Crippen LogP contribution < -0.4 is 4.74 Å². The van der Waals surface area contributed by atoms with Crippen LogP contribution in [0.5, 0.6) is 11.6 Å². The Hall–Kier alpha value is -2.30. The highest BCUT2D eigenvalue weighted by Gasteiger charge is 2.15. The number of hydrogen-bond acceptors (Lipinski definition) is 3. The van der Waals surface area contributed by atoms with Crippen molar-refractivity contribution in [3.05, 3.63) is 41.1 Å². The third kappa shape index (κ3) is 2.20. The predicted molar refractivity (Wildman–Crippen MR) is 66.2 cm³/mol. The third-order valence-electron chi connectivity index (χ3n) is 2.61. The second-order valence-electron chi connectivity index (χ2n) is 4.11. The molecular weight excluding hydrogens is 232 g/mol. The summed E-state index contributed by atoms with van der Waals surface area (Å²) in [4.78, 5) is 11.2. The van der Waals surface area contributed by atoms with E-state index in [4.69, 9.17) is 9.84 Å². The maximum atomic E-state index is 11.2. The number of nitrogens with zero attached hydrogens (tertiary/aromatic N) is 2. The highest BCUT2D eigenvalue weighted by molar-refractivity contribution is 5.91. The molecule has 5 heteroatoms. The lowest BCUT2D eigenvalue weighted by Gasteiger charge is -2.11. The van der Waals surface area contributed by atoms with E-state index in [-0.39, 0.29) is 5.56 Å². The zero-order valence-electron chi connectivity index (χ0n) is 10.5. The van der Waals surface area contributed by atoms with Gasteiger partial charge < -0.3 is 9.84 Å². The van der Waals surface area contributed by atoms with Gasteiger partial charge in [0.1, 0.15) is 11.3 Å². The van der Waals surface area contributed by atoms with Gasteiger partial charge >= 0.3 is 5.97 Å². The van der Waals surface area contributed by atoms with Gasteiger partial charge in [-0.15, -0.1) is 0 Å². The fourth-order valence-corrected chi connectivity index (χ4v) is 1.74. The summed E-state index contributed by atoms with van der Waals surface area (Å²) in [5.41, 5.74) is 1.74. The molecule has 0 amide bonds.